The standard InChI is InChI=1S/C14H19N3O4S/c1-4-10(13(18)19)15-14-16-11-6-5-9(8(2)3)7-12(11)22(20,21)17-14/h5-8,10H,4H2,1-3H3,(H,18,19)(H2,15,16,17). The van der Waals surface area contributed by atoms with Gasteiger partial charge in [-0.1, -0.05) is 26.8 Å². The second-order valence-electron chi connectivity index (χ2n) is 5.38. The minimum Gasteiger partial charge on any atom is -0.480 e. The molecule has 3 N–H and O–H groups in total. The molecule has 120 valence electrons. The summed E-state index contributed by atoms with van der Waals surface area (Å²) in [5, 5.41) is 11.8. The van der Waals surface area contributed by atoms with E-state index in [1.807, 2.05) is 19.9 Å². The molecule has 0 spiro atoms. The molecule has 1 aliphatic rings. The van der Waals surface area contributed by atoms with E-state index in [9.17, 15) is 13.2 Å². The number of nitrogens with one attached hydrogen (secondary N) is 2. The SMILES string of the molecule is CCC(N=C1Nc2ccc(C(C)C)cc2S(=O)(=O)N1)C(=O)O. The Kier molecular flexibility index (Phi) is 4.41. The topological polar surface area (TPSA) is 108 Å². The van der Waals surface area contributed by atoms with Gasteiger partial charge in [-0.25, -0.2) is 22.9 Å². The number of carbonyl (C=O) groups is 1. The molecule has 7 nitrogen and oxygen atoms in total. The van der Waals surface area contributed by atoms with Crippen LogP contribution in [0.1, 0.15) is 38.7 Å². The summed E-state index contributed by atoms with van der Waals surface area (Å²) in [6, 6.07) is 4.12. The van der Waals surface area contributed by atoms with Crippen molar-refractivity contribution < 1.29 is 18.3 Å². The van der Waals surface area contributed by atoms with Gasteiger partial charge >= 0.3 is 5.97 Å². The van der Waals surface area contributed by atoms with E-state index in [4.69, 9.17) is 5.11 Å². The average Bonchev–Trinajstić information content (AvgIpc) is 2.43. The monoisotopic (exact) mass is 325 g/mol. The molecule has 0 aromatic heterocycles. The van der Waals surface area contributed by atoms with E-state index in [1.54, 1.807) is 19.1 Å². The number of hydrogen-bond acceptors (Lipinski definition) is 4. The van der Waals surface area contributed by atoms with Crippen molar-refractivity contribution in [1.29, 1.82) is 0 Å². The van der Waals surface area contributed by atoms with Gasteiger partial charge < -0.3 is 10.4 Å². The summed E-state index contributed by atoms with van der Waals surface area (Å²) in [7, 11) is -3.76. The Labute approximate surface area is 129 Å². The van der Waals surface area contributed by atoms with Gasteiger partial charge in [-0.3, -0.25) is 0 Å². The molecule has 1 aromatic rings. The van der Waals surface area contributed by atoms with Crippen molar-refractivity contribution in [3.63, 3.8) is 0 Å². The quantitative estimate of drug-likeness (QED) is 0.781. The summed E-state index contributed by atoms with van der Waals surface area (Å²) < 4.78 is 26.9. The second kappa shape index (κ2) is 5.96. The third-order valence-corrected chi connectivity index (χ3v) is 4.78. The van der Waals surface area contributed by atoms with E-state index in [-0.39, 0.29) is 23.2 Å². The van der Waals surface area contributed by atoms with Gasteiger partial charge in [0.1, 0.15) is 4.90 Å². The Morgan fingerprint density at radius 3 is 2.59 bits per heavy atom. The van der Waals surface area contributed by atoms with Gasteiger partial charge in [-0.15, -0.1) is 0 Å². The summed E-state index contributed by atoms with van der Waals surface area (Å²) in [6.45, 7) is 5.62. The number of fused-ring (bicyclic) bond motifs is 1. The molecule has 0 bridgehead atoms. The number of rotatable bonds is 4. The zero-order valence-corrected chi connectivity index (χ0v) is 13.4. The molecule has 1 aliphatic heterocycles. The molecular weight excluding hydrogens is 306 g/mol. The molecule has 0 amide bonds. The van der Waals surface area contributed by atoms with Gasteiger partial charge in [-0.05, 0) is 30.0 Å². The second-order valence-corrected chi connectivity index (χ2v) is 7.03. The first-order valence-electron chi connectivity index (χ1n) is 6.99. The maximum Gasteiger partial charge on any atom is 0.328 e. The molecule has 0 saturated heterocycles. The van der Waals surface area contributed by atoms with Crippen LogP contribution in [0, 0.1) is 0 Å². The van der Waals surface area contributed by atoms with Crippen molar-refractivity contribution in [2.24, 2.45) is 4.99 Å². The van der Waals surface area contributed by atoms with E-state index < -0.39 is 22.0 Å². The summed E-state index contributed by atoms with van der Waals surface area (Å²) in [5.74, 6) is -0.969. The molecule has 0 radical (unpaired) electrons. The lowest BCUT2D eigenvalue weighted by Gasteiger charge is -2.23. The van der Waals surface area contributed by atoms with Crippen LogP contribution in [0.25, 0.3) is 0 Å². The van der Waals surface area contributed by atoms with E-state index in [0.29, 0.717) is 5.69 Å². The first-order chi connectivity index (χ1) is 10.2. The van der Waals surface area contributed by atoms with Gasteiger partial charge in [-0.2, -0.15) is 0 Å². The molecule has 0 fully saturated rings. The average molecular weight is 325 g/mol. The lowest BCUT2D eigenvalue weighted by molar-refractivity contribution is -0.138. The maximum atomic E-state index is 12.3. The molecule has 1 aromatic carbocycles. The highest BCUT2D eigenvalue weighted by atomic mass is 32.2. The van der Waals surface area contributed by atoms with Gasteiger partial charge in [0.2, 0.25) is 5.96 Å². The van der Waals surface area contributed by atoms with Crippen LogP contribution in [0.2, 0.25) is 0 Å². The number of aliphatic imine (C=N–C) groups is 1. The maximum absolute atomic E-state index is 12.3. The Morgan fingerprint density at radius 1 is 1.36 bits per heavy atom. The fraction of sp³-hybridized carbons (Fsp3) is 0.429. The Hall–Kier alpha value is -2.09. The minimum absolute atomic E-state index is 0.0703. The van der Waals surface area contributed by atoms with E-state index >= 15 is 0 Å². The van der Waals surface area contributed by atoms with Crippen molar-refractivity contribution in [3.05, 3.63) is 23.8 Å². The van der Waals surface area contributed by atoms with Crippen molar-refractivity contribution in [2.75, 3.05) is 5.32 Å². The fourth-order valence-corrected chi connectivity index (χ4v) is 3.26. The zero-order chi connectivity index (χ0) is 16.5. The molecule has 2 rings (SSSR count). The lowest BCUT2D eigenvalue weighted by Crippen LogP contribution is -2.42. The smallest absolute Gasteiger partial charge is 0.328 e. The van der Waals surface area contributed by atoms with Crippen LogP contribution in [-0.4, -0.2) is 31.5 Å². The van der Waals surface area contributed by atoms with Crippen molar-refractivity contribution in [3.8, 4) is 0 Å². The zero-order valence-electron chi connectivity index (χ0n) is 12.6. The predicted molar refractivity (Wildman–Crippen MR) is 83.6 cm³/mol. The van der Waals surface area contributed by atoms with Gasteiger partial charge in [0.25, 0.3) is 10.0 Å². The first kappa shape index (κ1) is 16.3. The number of carboxylic acid groups (broad SMARTS) is 1. The van der Waals surface area contributed by atoms with Crippen molar-refractivity contribution >= 4 is 27.6 Å². The lowest BCUT2D eigenvalue weighted by atomic mass is 10.0. The number of hydrogen-bond donors (Lipinski definition) is 3. The van der Waals surface area contributed by atoms with Crippen LogP contribution in [-0.2, 0) is 14.8 Å². The number of guanidine groups is 1. The van der Waals surface area contributed by atoms with Crippen LogP contribution >= 0.6 is 0 Å². The summed E-state index contributed by atoms with van der Waals surface area (Å²) in [5.41, 5.74) is 1.30. The molecule has 8 heteroatoms. The number of anilines is 1. The third kappa shape index (κ3) is 3.22. The number of benzene rings is 1. The van der Waals surface area contributed by atoms with Gasteiger partial charge in [0.15, 0.2) is 6.04 Å². The molecule has 1 atom stereocenters. The highest BCUT2D eigenvalue weighted by Crippen LogP contribution is 2.28. The minimum atomic E-state index is -3.76. The molecular formula is C14H19N3O4S. The number of carboxylic acids is 1. The van der Waals surface area contributed by atoms with Crippen LogP contribution in [0.3, 0.4) is 0 Å². The highest BCUT2D eigenvalue weighted by molar-refractivity contribution is 7.90. The predicted octanol–water partition coefficient (Wildman–Crippen LogP) is 1.73. The molecule has 0 aliphatic carbocycles. The number of sulfonamides is 1. The summed E-state index contributed by atoms with van der Waals surface area (Å²) in [4.78, 5) is 15.1. The van der Waals surface area contributed by atoms with Gasteiger partial charge in [0.05, 0.1) is 5.69 Å². The summed E-state index contributed by atoms with van der Waals surface area (Å²) in [6.07, 6.45) is 0.265. The highest BCUT2D eigenvalue weighted by Gasteiger charge is 2.28. The van der Waals surface area contributed by atoms with E-state index in [1.165, 1.54) is 0 Å². The first-order valence-corrected chi connectivity index (χ1v) is 8.47. The number of nitrogens with zero attached hydrogens (tertiary/aromatic N) is 1. The van der Waals surface area contributed by atoms with Gasteiger partial charge in [0, 0.05) is 0 Å². The Bertz CT molecular complexity index is 726. The van der Waals surface area contributed by atoms with Crippen LogP contribution < -0.4 is 10.0 Å². The summed E-state index contributed by atoms with van der Waals surface area (Å²) >= 11 is 0. The van der Waals surface area contributed by atoms with Crippen molar-refractivity contribution in [1.82, 2.24) is 4.72 Å². The molecule has 22 heavy (non-hydrogen) atoms. The number of aliphatic carboxylic acids is 1. The largest absolute Gasteiger partial charge is 0.480 e. The van der Waals surface area contributed by atoms with Crippen LogP contribution in [0.5, 0.6) is 0 Å². The van der Waals surface area contributed by atoms with E-state index in [2.05, 4.69) is 15.0 Å². The normalized spacial score (nSPS) is 19.2. The molecule has 1 unspecified atom stereocenters. The van der Waals surface area contributed by atoms with Crippen molar-refractivity contribution in [2.45, 2.75) is 44.0 Å². The Balaban J connectivity index is 2.44. The van der Waals surface area contributed by atoms with Crippen LogP contribution in [0.15, 0.2) is 28.1 Å². The fourth-order valence-electron chi connectivity index (χ4n) is 2.09. The third-order valence-electron chi connectivity index (χ3n) is 3.40. The Morgan fingerprint density at radius 2 is 2.05 bits per heavy atom. The van der Waals surface area contributed by atoms with E-state index in [0.717, 1.165) is 5.56 Å². The molecule has 1 heterocycles. The molecule has 0 saturated carbocycles. The van der Waals surface area contributed by atoms with Crippen LogP contribution in [0.4, 0.5) is 5.69 Å².